The van der Waals surface area contributed by atoms with Crippen LogP contribution in [-0.2, 0) is 16.1 Å². The molecule has 0 saturated carbocycles. The van der Waals surface area contributed by atoms with Crippen LogP contribution in [0.1, 0.15) is 61.1 Å². The van der Waals surface area contributed by atoms with Gasteiger partial charge in [-0.15, -0.1) is 0 Å². The standard InChI is InChI=1S/C36H42N4O5/c1-36(2)23-44-16-12-30(36)35(41)33-29-22-45-32-20-31(42-3)27(19-28(32)34(29)40(38-33)26-8-4-5-9-26)24-10-11-25(37-21-24)7-6-13-39-14-17-43-18-15-39/h4,7-10,19-21,30H,5-6,11-18,22-23H2,1-3H3/b25-7-. The van der Waals surface area contributed by atoms with E-state index in [4.69, 9.17) is 29.0 Å². The smallest absolute Gasteiger partial charge is 0.187 e. The van der Waals surface area contributed by atoms with Gasteiger partial charge >= 0.3 is 0 Å². The first-order valence-corrected chi connectivity index (χ1v) is 16.1. The van der Waals surface area contributed by atoms with Crippen LogP contribution in [0.15, 0.2) is 53.2 Å². The molecule has 2 fully saturated rings. The summed E-state index contributed by atoms with van der Waals surface area (Å²) in [6, 6.07) is 4.07. The highest BCUT2D eigenvalue weighted by Crippen LogP contribution is 2.46. The molecule has 2 saturated heterocycles. The average molecular weight is 611 g/mol. The number of morpholine rings is 1. The van der Waals surface area contributed by atoms with Crippen molar-refractivity contribution in [1.29, 1.82) is 0 Å². The number of allylic oxidation sites excluding steroid dienone is 6. The zero-order chi connectivity index (χ0) is 31.0. The first-order chi connectivity index (χ1) is 21.9. The molecule has 1 aromatic heterocycles. The highest BCUT2D eigenvalue weighted by atomic mass is 16.5. The lowest BCUT2D eigenvalue weighted by atomic mass is 9.73. The van der Waals surface area contributed by atoms with Crippen LogP contribution in [0.2, 0.25) is 0 Å². The number of fused-ring (bicyclic) bond motifs is 3. The van der Waals surface area contributed by atoms with Crippen LogP contribution in [0, 0.1) is 11.3 Å². The Morgan fingerprint density at radius 1 is 1.13 bits per heavy atom. The third-order valence-electron chi connectivity index (χ3n) is 9.57. The molecule has 236 valence electrons. The van der Waals surface area contributed by atoms with Crippen LogP contribution in [-0.4, -0.2) is 79.8 Å². The molecule has 5 aliphatic rings. The lowest BCUT2D eigenvalue weighted by Crippen LogP contribution is -2.40. The molecule has 0 spiro atoms. The van der Waals surface area contributed by atoms with Crippen LogP contribution in [0.5, 0.6) is 11.5 Å². The number of ether oxygens (including phenoxy) is 4. The predicted octanol–water partition coefficient (Wildman–Crippen LogP) is 5.96. The number of dihydropyridines is 1. The molecule has 1 atom stereocenters. The van der Waals surface area contributed by atoms with E-state index >= 15 is 0 Å². The van der Waals surface area contributed by atoms with E-state index in [1.807, 2.05) is 17.0 Å². The summed E-state index contributed by atoms with van der Waals surface area (Å²) in [5, 5.41) is 5.01. The predicted molar refractivity (Wildman–Crippen MR) is 175 cm³/mol. The van der Waals surface area contributed by atoms with Crippen LogP contribution in [0.25, 0.3) is 22.5 Å². The van der Waals surface area contributed by atoms with E-state index in [2.05, 4.69) is 55.2 Å². The van der Waals surface area contributed by atoms with Gasteiger partial charge in [0.15, 0.2) is 5.78 Å². The van der Waals surface area contributed by atoms with Crippen molar-refractivity contribution in [2.75, 3.05) is 53.2 Å². The Kier molecular flexibility index (Phi) is 8.33. The Morgan fingerprint density at radius 3 is 2.73 bits per heavy atom. The molecule has 1 aromatic carbocycles. The highest BCUT2D eigenvalue weighted by Gasteiger charge is 2.42. The quantitative estimate of drug-likeness (QED) is 0.341. The van der Waals surface area contributed by atoms with Gasteiger partial charge in [0.25, 0.3) is 0 Å². The summed E-state index contributed by atoms with van der Waals surface area (Å²) in [5.41, 5.74) is 6.84. The number of aliphatic imine (C=N–C) groups is 1. The van der Waals surface area contributed by atoms with E-state index in [9.17, 15) is 4.79 Å². The van der Waals surface area contributed by atoms with E-state index in [1.54, 1.807) is 7.11 Å². The maximum atomic E-state index is 14.2. The van der Waals surface area contributed by atoms with Gasteiger partial charge < -0.3 is 18.9 Å². The van der Waals surface area contributed by atoms with E-state index < -0.39 is 0 Å². The summed E-state index contributed by atoms with van der Waals surface area (Å²) in [4.78, 5) is 21.4. The topological polar surface area (TPSA) is 87.4 Å². The van der Waals surface area contributed by atoms with Gasteiger partial charge in [0, 0.05) is 78.8 Å². The number of methoxy groups -OCH3 is 1. The van der Waals surface area contributed by atoms with Crippen molar-refractivity contribution in [2.45, 2.75) is 46.1 Å². The van der Waals surface area contributed by atoms with E-state index in [-0.39, 0.29) is 23.7 Å². The van der Waals surface area contributed by atoms with Crippen molar-refractivity contribution in [1.82, 2.24) is 14.7 Å². The van der Waals surface area contributed by atoms with E-state index in [1.165, 1.54) is 0 Å². The van der Waals surface area contributed by atoms with Gasteiger partial charge in [0.05, 0.1) is 38.3 Å². The molecule has 9 nitrogen and oxygen atoms in total. The maximum Gasteiger partial charge on any atom is 0.187 e. The van der Waals surface area contributed by atoms with Gasteiger partial charge in [-0.1, -0.05) is 38.2 Å². The number of carbonyl (C=O) groups excluding carboxylic acids is 1. The van der Waals surface area contributed by atoms with Crippen molar-refractivity contribution in [2.24, 2.45) is 16.3 Å². The molecule has 2 aromatic rings. The molecule has 9 heteroatoms. The Bertz CT molecular complexity index is 1640. The minimum absolute atomic E-state index is 0.0664. The van der Waals surface area contributed by atoms with E-state index in [0.29, 0.717) is 31.1 Å². The van der Waals surface area contributed by atoms with Gasteiger partial charge in [-0.2, -0.15) is 5.10 Å². The molecule has 5 heterocycles. The number of nitrogens with zero attached hydrogens (tertiary/aromatic N) is 4. The van der Waals surface area contributed by atoms with Crippen LogP contribution >= 0.6 is 0 Å². The fraction of sp³-hybridized carbons (Fsp3) is 0.472. The minimum Gasteiger partial charge on any atom is -0.496 e. The monoisotopic (exact) mass is 610 g/mol. The van der Waals surface area contributed by atoms with Crippen LogP contribution in [0.3, 0.4) is 0 Å². The van der Waals surface area contributed by atoms with Gasteiger partial charge in [0.1, 0.15) is 23.8 Å². The first-order valence-electron chi connectivity index (χ1n) is 16.1. The van der Waals surface area contributed by atoms with Crippen LogP contribution in [0.4, 0.5) is 0 Å². The zero-order valence-corrected chi connectivity index (χ0v) is 26.5. The molecule has 1 unspecified atom stereocenters. The largest absolute Gasteiger partial charge is 0.496 e. The number of aromatic nitrogens is 2. The Morgan fingerprint density at radius 2 is 2.00 bits per heavy atom. The molecule has 1 aliphatic carbocycles. The fourth-order valence-corrected chi connectivity index (χ4v) is 6.97. The second-order valence-corrected chi connectivity index (χ2v) is 13.0. The molecule has 0 bridgehead atoms. The number of carbonyl (C=O) groups is 1. The lowest BCUT2D eigenvalue weighted by Gasteiger charge is -2.37. The van der Waals surface area contributed by atoms with Crippen molar-refractivity contribution in [3.63, 3.8) is 0 Å². The maximum absolute atomic E-state index is 14.2. The van der Waals surface area contributed by atoms with Crippen molar-refractivity contribution < 1.29 is 23.7 Å². The van der Waals surface area contributed by atoms with Gasteiger partial charge in [-0.25, -0.2) is 4.68 Å². The van der Waals surface area contributed by atoms with Gasteiger partial charge in [0.2, 0.25) is 0 Å². The van der Waals surface area contributed by atoms with Gasteiger partial charge in [-0.3, -0.25) is 14.7 Å². The highest BCUT2D eigenvalue weighted by molar-refractivity contribution is 6.12. The van der Waals surface area contributed by atoms with Crippen molar-refractivity contribution in [3.05, 3.63) is 65.0 Å². The van der Waals surface area contributed by atoms with Crippen LogP contribution < -0.4 is 9.47 Å². The summed E-state index contributed by atoms with van der Waals surface area (Å²) < 4.78 is 25.3. The van der Waals surface area contributed by atoms with Gasteiger partial charge in [-0.05, 0) is 36.8 Å². The number of rotatable bonds is 8. The number of hydrogen-bond donors (Lipinski definition) is 0. The summed E-state index contributed by atoms with van der Waals surface area (Å²) in [5.74, 6) is 1.34. The molecular formula is C36H42N4O5. The Hall–Kier alpha value is -3.79. The third kappa shape index (κ3) is 5.85. The molecule has 45 heavy (non-hydrogen) atoms. The number of benzene rings is 1. The third-order valence-corrected chi connectivity index (χ3v) is 9.57. The Balaban J connectivity index is 1.22. The SMILES string of the molecule is COc1cc2c(cc1C1=CC/C(=C/CCN3CCOCC3)N=C1)-c1c(c(C(=O)C3CCOCC3(C)C)nn1C1=CCC=C1)CO2. The number of hydrogen-bond acceptors (Lipinski definition) is 8. The molecule has 7 rings (SSSR count). The average Bonchev–Trinajstić information content (AvgIpc) is 3.73. The zero-order valence-electron chi connectivity index (χ0n) is 26.5. The summed E-state index contributed by atoms with van der Waals surface area (Å²) >= 11 is 0. The first kappa shape index (κ1) is 29.9. The summed E-state index contributed by atoms with van der Waals surface area (Å²) in [6.07, 6.45) is 16.0. The van der Waals surface area contributed by atoms with E-state index in [0.717, 1.165) is 97.2 Å². The molecule has 0 N–H and O–H groups in total. The minimum atomic E-state index is -0.269. The summed E-state index contributed by atoms with van der Waals surface area (Å²) in [6.45, 7) is 10.3. The molecule has 0 amide bonds. The van der Waals surface area contributed by atoms with Crippen molar-refractivity contribution in [3.8, 4) is 22.8 Å². The second kappa shape index (κ2) is 12.5. The van der Waals surface area contributed by atoms with Crippen molar-refractivity contribution >= 4 is 23.3 Å². The second-order valence-electron chi connectivity index (χ2n) is 13.0. The lowest BCUT2D eigenvalue weighted by molar-refractivity contribution is -0.0229. The number of Topliss-reactive ketones (excluding diaryl/α,β-unsaturated/α-hetero) is 1. The molecule has 0 radical (unpaired) electrons. The fourth-order valence-electron chi connectivity index (χ4n) is 6.97. The normalized spacial score (nSPS) is 23.3. The Labute approximate surface area is 264 Å². The summed E-state index contributed by atoms with van der Waals surface area (Å²) in [7, 11) is 1.68. The molecular weight excluding hydrogens is 568 g/mol. The number of ketones is 1. The molecule has 4 aliphatic heterocycles.